The van der Waals surface area contributed by atoms with Gasteiger partial charge in [-0.2, -0.15) is 5.21 Å². The topological polar surface area (TPSA) is 85.0 Å². The zero-order chi connectivity index (χ0) is 20.1. The van der Waals surface area contributed by atoms with Gasteiger partial charge in [0.1, 0.15) is 6.61 Å². The number of methoxy groups -OCH3 is 1. The largest absolute Gasteiger partial charge is 0.493 e. The summed E-state index contributed by atoms with van der Waals surface area (Å²) in [6.45, 7) is 7.46. The summed E-state index contributed by atoms with van der Waals surface area (Å²) in [5.74, 6) is 1.50. The molecule has 28 heavy (non-hydrogen) atoms. The lowest BCUT2D eigenvalue weighted by molar-refractivity contribution is 0.284. The van der Waals surface area contributed by atoms with Gasteiger partial charge in [0, 0.05) is 6.54 Å². The number of hydrogen-bond acceptors (Lipinski definition) is 6. The predicted molar refractivity (Wildman–Crippen MR) is 109 cm³/mol. The molecule has 2 N–H and O–H groups in total. The van der Waals surface area contributed by atoms with Gasteiger partial charge in [-0.3, -0.25) is 0 Å². The Morgan fingerprint density at radius 2 is 1.86 bits per heavy atom. The van der Waals surface area contributed by atoms with Gasteiger partial charge >= 0.3 is 0 Å². The predicted octanol–water partition coefficient (Wildman–Crippen LogP) is 4.35. The van der Waals surface area contributed by atoms with Crippen LogP contribution in [0.4, 0.5) is 5.95 Å². The maximum absolute atomic E-state index is 6.44. The van der Waals surface area contributed by atoms with E-state index in [1.165, 1.54) is 5.56 Å². The van der Waals surface area contributed by atoms with Crippen molar-refractivity contribution < 1.29 is 9.47 Å². The van der Waals surface area contributed by atoms with Gasteiger partial charge in [0.2, 0.25) is 0 Å². The molecule has 2 aromatic carbocycles. The number of tetrazole rings is 1. The van der Waals surface area contributed by atoms with E-state index in [1.807, 2.05) is 12.1 Å². The summed E-state index contributed by atoms with van der Waals surface area (Å²) < 4.78 is 11.4. The number of halogens is 1. The van der Waals surface area contributed by atoms with E-state index < -0.39 is 0 Å². The van der Waals surface area contributed by atoms with Crippen molar-refractivity contribution in [2.24, 2.45) is 0 Å². The van der Waals surface area contributed by atoms with E-state index in [4.69, 9.17) is 21.1 Å². The van der Waals surface area contributed by atoms with Gasteiger partial charge in [-0.25, -0.2) is 0 Å². The van der Waals surface area contributed by atoms with Crippen LogP contribution in [0.2, 0.25) is 5.02 Å². The first kappa shape index (κ1) is 19.9. The van der Waals surface area contributed by atoms with Crippen LogP contribution in [0.5, 0.6) is 11.5 Å². The summed E-state index contributed by atoms with van der Waals surface area (Å²) in [5.41, 5.74) is 3.38. The highest BCUT2D eigenvalue weighted by molar-refractivity contribution is 6.32. The van der Waals surface area contributed by atoms with Crippen molar-refractivity contribution in [3.05, 3.63) is 58.1 Å². The first-order valence-corrected chi connectivity index (χ1v) is 9.30. The molecule has 1 heterocycles. The molecule has 0 saturated heterocycles. The molecule has 148 valence electrons. The van der Waals surface area contributed by atoms with Gasteiger partial charge in [-0.05, 0) is 39.5 Å². The van der Waals surface area contributed by atoms with E-state index >= 15 is 0 Å². The maximum Gasteiger partial charge on any atom is 0.263 e. The third-order valence-corrected chi connectivity index (χ3v) is 4.57. The summed E-state index contributed by atoms with van der Waals surface area (Å²) in [6, 6.07) is 12.1. The first-order chi connectivity index (χ1) is 13.4. The molecule has 0 bridgehead atoms. The van der Waals surface area contributed by atoms with Crippen LogP contribution in [0.1, 0.15) is 37.5 Å². The second-order valence-electron chi connectivity index (χ2n) is 7.43. The zero-order valence-electron chi connectivity index (χ0n) is 16.4. The van der Waals surface area contributed by atoms with E-state index in [0.29, 0.717) is 35.6 Å². The second kappa shape index (κ2) is 8.48. The lowest BCUT2D eigenvalue weighted by Crippen LogP contribution is -2.10. The molecule has 7 nitrogen and oxygen atoms in total. The summed E-state index contributed by atoms with van der Waals surface area (Å²) >= 11 is 6.44. The minimum absolute atomic E-state index is 0.122. The van der Waals surface area contributed by atoms with Crippen LogP contribution in [0.3, 0.4) is 0 Å². The SMILES string of the molecule is COc1cc(CNc2nn[nH]n2)cc(Cl)c1OCc1ccc(C(C)(C)C)cc1. The number of nitrogens with one attached hydrogen (secondary N) is 2. The summed E-state index contributed by atoms with van der Waals surface area (Å²) in [4.78, 5) is 0. The lowest BCUT2D eigenvalue weighted by atomic mass is 9.87. The highest BCUT2D eigenvalue weighted by Gasteiger charge is 2.15. The molecule has 3 aromatic rings. The molecule has 1 aromatic heterocycles. The molecule has 0 spiro atoms. The van der Waals surface area contributed by atoms with Crippen molar-refractivity contribution in [2.45, 2.75) is 39.3 Å². The molecule has 8 heteroatoms. The van der Waals surface area contributed by atoms with Crippen molar-refractivity contribution >= 4 is 17.5 Å². The highest BCUT2D eigenvalue weighted by Crippen LogP contribution is 2.37. The van der Waals surface area contributed by atoms with E-state index in [2.05, 4.69) is 71.0 Å². The molecule has 0 aliphatic carbocycles. The smallest absolute Gasteiger partial charge is 0.263 e. The fourth-order valence-electron chi connectivity index (χ4n) is 2.69. The lowest BCUT2D eigenvalue weighted by Gasteiger charge is -2.19. The summed E-state index contributed by atoms with van der Waals surface area (Å²) in [6.07, 6.45) is 0. The van der Waals surface area contributed by atoms with Gasteiger partial charge in [-0.1, -0.05) is 61.7 Å². The second-order valence-corrected chi connectivity index (χ2v) is 7.84. The number of hydrogen-bond donors (Lipinski definition) is 2. The van der Waals surface area contributed by atoms with Gasteiger partial charge < -0.3 is 14.8 Å². The zero-order valence-corrected chi connectivity index (χ0v) is 17.2. The van der Waals surface area contributed by atoms with E-state index in [-0.39, 0.29) is 5.41 Å². The Hall–Kier alpha value is -2.80. The van der Waals surface area contributed by atoms with Crippen molar-refractivity contribution in [3.63, 3.8) is 0 Å². The van der Waals surface area contributed by atoms with Gasteiger partial charge in [0.05, 0.1) is 12.1 Å². The van der Waals surface area contributed by atoms with Gasteiger partial charge in [-0.15, -0.1) is 5.10 Å². The normalized spacial score (nSPS) is 11.3. The summed E-state index contributed by atoms with van der Waals surface area (Å²) in [5, 5.41) is 17.1. The van der Waals surface area contributed by atoms with Crippen LogP contribution >= 0.6 is 11.6 Å². The van der Waals surface area contributed by atoms with Crippen molar-refractivity contribution in [1.29, 1.82) is 0 Å². The van der Waals surface area contributed by atoms with Crippen LogP contribution in [0.25, 0.3) is 0 Å². The minimum Gasteiger partial charge on any atom is -0.493 e. The third-order valence-electron chi connectivity index (χ3n) is 4.29. The maximum atomic E-state index is 6.44. The first-order valence-electron chi connectivity index (χ1n) is 8.93. The number of rotatable bonds is 7. The van der Waals surface area contributed by atoms with E-state index in [9.17, 15) is 0 Å². The quantitative estimate of drug-likeness (QED) is 0.612. The molecule has 0 unspecified atom stereocenters. The average Bonchev–Trinajstić information content (AvgIpc) is 3.18. The number of nitrogens with zero attached hydrogens (tertiary/aromatic N) is 3. The Kier molecular flexibility index (Phi) is 6.04. The van der Waals surface area contributed by atoms with Gasteiger partial charge in [0.25, 0.3) is 5.95 Å². The molecular formula is C20H24ClN5O2. The molecular weight excluding hydrogens is 378 g/mol. The van der Waals surface area contributed by atoms with Crippen LogP contribution < -0.4 is 14.8 Å². The molecule has 0 saturated carbocycles. The molecule has 0 aliphatic rings. The Morgan fingerprint density at radius 1 is 1.11 bits per heavy atom. The molecule has 0 atom stereocenters. The van der Waals surface area contributed by atoms with Crippen molar-refractivity contribution in [2.75, 3.05) is 12.4 Å². The monoisotopic (exact) mass is 401 g/mol. The standard InChI is InChI=1S/C20H24ClN5O2/c1-20(2,3)15-7-5-13(6-8-15)12-28-18-16(21)9-14(10-17(18)27-4)11-22-19-23-25-26-24-19/h5-10H,11-12H2,1-4H3,(H2,22,23,24,25,26). The Bertz CT molecular complexity index is 906. The Labute approximate surface area is 169 Å². The molecule has 3 rings (SSSR count). The molecule has 0 fully saturated rings. The fraction of sp³-hybridized carbons (Fsp3) is 0.350. The molecule has 0 amide bonds. The van der Waals surface area contributed by atoms with Gasteiger partial charge in [0.15, 0.2) is 11.5 Å². The van der Waals surface area contributed by atoms with Crippen molar-refractivity contribution in [1.82, 2.24) is 20.6 Å². The number of ether oxygens (including phenoxy) is 2. The van der Waals surface area contributed by atoms with Crippen LogP contribution in [0.15, 0.2) is 36.4 Å². The van der Waals surface area contributed by atoms with E-state index in [0.717, 1.165) is 11.1 Å². The number of H-pyrrole nitrogens is 1. The minimum atomic E-state index is 0.122. The Balaban J connectivity index is 1.69. The number of benzene rings is 2. The fourth-order valence-corrected chi connectivity index (χ4v) is 2.98. The Morgan fingerprint density at radius 3 is 2.46 bits per heavy atom. The van der Waals surface area contributed by atoms with E-state index in [1.54, 1.807) is 7.11 Å². The van der Waals surface area contributed by atoms with Crippen LogP contribution in [-0.4, -0.2) is 27.7 Å². The average molecular weight is 402 g/mol. The highest BCUT2D eigenvalue weighted by atomic mass is 35.5. The van der Waals surface area contributed by atoms with Crippen LogP contribution in [0, 0.1) is 0 Å². The third kappa shape index (κ3) is 4.92. The molecule has 0 aliphatic heterocycles. The molecule has 0 radical (unpaired) electrons. The number of aromatic nitrogens is 4. The number of aromatic amines is 1. The van der Waals surface area contributed by atoms with Crippen molar-refractivity contribution in [3.8, 4) is 11.5 Å². The number of anilines is 1. The van der Waals surface area contributed by atoms with Crippen LogP contribution in [-0.2, 0) is 18.6 Å². The summed E-state index contributed by atoms with van der Waals surface area (Å²) in [7, 11) is 1.59.